The van der Waals surface area contributed by atoms with Gasteiger partial charge in [-0.1, -0.05) is 25.4 Å². The first-order valence-corrected chi connectivity index (χ1v) is 5.55. The van der Waals surface area contributed by atoms with Crippen molar-refractivity contribution in [2.24, 2.45) is 5.92 Å². The molecule has 1 rings (SSSR count). The zero-order valence-corrected chi connectivity index (χ0v) is 10.2. The van der Waals surface area contributed by atoms with Gasteiger partial charge in [0.2, 0.25) is 0 Å². The van der Waals surface area contributed by atoms with Crippen molar-refractivity contribution in [3.05, 3.63) is 33.8 Å². The number of rotatable bonds is 3. The molecule has 3 heteroatoms. The summed E-state index contributed by atoms with van der Waals surface area (Å²) in [5, 5.41) is 18.4. The molecular formula is C13H13ClN2. The Morgan fingerprint density at radius 2 is 1.94 bits per heavy atom. The summed E-state index contributed by atoms with van der Waals surface area (Å²) in [6, 6.07) is 7.67. The first-order valence-electron chi connectivity index (χ1n) is 5.17. The number of hydrogen-bond acceptors (Lipinski definition) is 2. The molecule has 1 aromatic carbocycles. The Kier molecular flexibility index (Phi) is 4.35. The largest absolute Gasteiger partial charge is 0.198 e. The van der Waals surface area contributed by atoms with E-state index in [1.807, 2.05) is 0 Å². The van der Waals surface area contributed by atoms with E-state index in [0.717, 1.165) is 17.5 Å². The Balaban J connectivity index is 3.32. The van der Waals surface area contributed by atoms with Gasteiger partial charge in [-0.25, -0.2) is 0 Å². The molecule has 0 aliphatic heterocycles. The van der Waals surface area contributed by atoms with E-state index in [4.69, 9.17) is 22.1 Å². The van der Waals surface area contributed by atoms with E-state index >= 15 is 0 Å². The first kappa shape index (κ1) is 12.6. The molecule has 0 fully saturated rings. The fourth-order valence-corrected chi connectivity index (χ4v) is 1.92. The van der Waals surface area contributed by atoms with Gasteiger partial charge in [-0.15, -0.1) is 0 Å². The maximum atomic E-state index is 9.04. The second-order valence-corrected chi connectivity index (χ2v) is 4.50. The summed E-state index contributed by atoms with van der Waals surface area (Å²) in [5.41, 5.74) is 2.35. The molecule has 0 heterocycles. The molecule has 0 saturated carbocycles. The van der Waals surface area contributed by atoms with Gasteiger partial charge < -0.3 is 0 Å². The van der Waals surface area contributed by atoms with E-state index in [1.165, 1.54) is 0 Å². The van der Waals surface area contributed by atoms with Gasteiger partial charge in [-0.2, -0.15) is 10.5 Å². The lowest BCUT2D eigenvalue weighted by molar-refractivity contribution is 0.643. The lowest BCUT2D eigenvalue weighted by Crippen LogP contribution is -2.03. The Labute approximate surface area is 101 Å². The van der Waals surface area contributed by atoms with Crippen LogP contribution in [0.4, 0.5) is 0 Å². The van der Waals surface area contributed by atoms with Crippen LogP contribution >= 0.6 is 11.6 Å². The van der Waals surface area contributed by atoms with Crippen molar-refractivity contribution < 1.29 is 0 Å². The van der Waals surface area contributed by atoms with Crippen molar-refractivity contribution in [3.63, 3.8) is 0 Å². The molecule has 0 bridgehead atoms. The molecule has 0 atom stereocenters. The second kappa shape index (κ2) is 5.54. The number of nitrogens with zero attached hydrogens (tertiary/aromatic N) is 2. The smallest absolute Gasteiger partial charge is 0.0994 e. The van der Waals surface area contributed by atoms with Gasteiger partial charge in [0.1, 0.15) is 0 Å². The highest BCUT2D eigenvalue weighted by atomic mass is 35.5. The minimum atomic E-state index is 0.260. The summed E-state index contributed by atoms with van der Waals surface area (Å²) >= 11 is 6.06. The molecule has 0 aliphatic carbocycles. The average Bonchev–Trinajstić information content (AvgIpc) is 2.23. The highest BCUT2D eigenvalue weighted by Gasteiger charge is 2.13. The van der Waals surface area contributed by atoms with Gasteiger partial charge in [0.15, 0.2) is 0 Å². The van der Waals surface area contributed by atoms with Crippen LogP contribution < -0.4 is 0 Å². The SMILES string of the molecule is CC(C)Cc1c(C#N)ccc(Cl)c1CC#N. The molecule has 0 amide bonds. The first-order chi connectivity index (χ1) is 7.60. The summed E-state index contributed by atoms with van der Waals surface area (Å²) in [7, 11) is 0. The van der Waals surface area contributed by atoms with Gasteiger partial charge in [0, 0.05) is 5.02 Å². The van der Waals surface area contributed by atoms with Gasteiger partial charge >= 0.3 is 0 Å². The van der Waals surface area contributed by atoms with E-state index < -0.39 is 0 Å². The predicted molar refractivity (Wildman–Crippen MR) is 64.0 cm³/mol. The third-order valence-corrected chi connectivity index (χ3v) is 2.72. The normalized spacial score (nSPS) is 9.88. The van der Waals surface area contributed by atoms with Crippen LogP contribution in [0.15, 0.2) is 12.1 Å². The van der Waals surface area contributed by atoms with E-state index in [-0.39, 0.29) is 6.42 Å². The average molecular weight is 233 g/mol. The number of hydrogen-bond donors (Lipinski definition) is 0. The zero-order valence-electron chi connectivity index (χ0n) is 9.42. The molecule has 1 aromatic rings. The van der Waals surface area contributed by atoms with Crippen LogP contribution in [-0.4, -0.2) is 0 Å². The summed E-state index contributed by atoms with van der Waals surface area (Å²) in [6.45, 7) is 4.16. The minimum absolute atomic E-state index is 0.260. The van der Waals surface area contributed by atoms with Crippen LogP contribution in [0.5, 0.6) is 0 Å². The van der Waals surface area contributed by atoms with Crippen molar-refractivity contribution >= 4 is 11.6 Å². The summed E-state index contributed by atoms with van der Waals surface area (Å²) in [5.74, 6) is 0.433. The summed E-state index contributed by atoms with van der Waals surface area (Å²) < 4.78 is 0. The molecular weight excluding hydrogens is 220 g/mol. The van der Waals surface area contributed by atoms with Crippen LogP contribution in [-0.2, 0) is 12.8 Å². The van der Waals surface area contributed by atoms with E-state index in [0.29, 0.717) is 16.5 Å². The number of halogens is 1. The Hall–Kier alpha value is -1.51. The molecule has 2 nitrogen and oxygen atoms in total. The second-order valence-electron chi connectivity index (χ2n) is 4.10. The third-order valence-electron chi connectivity index (χ3n) is 2.36. The van der Waals surface area contributed by atoms with Gasteiger partial charge in [-0.3, -0.25) is 0 Å². The van der Waals surface area contributed by atoms with Crippen molar-refractivity contribution in [3.8, 4) is 12.1 Å². The topological polar surface area (TPSA) is 47.6 Å². The molecule has 0 aliphatic rings. The quantitative estimate of drug-likeness (QED) is 0.801. The molecule has 16 heavy (non-hydrogen) atoms. The van der Waals surface area contributed by atoms with Gasteiger partial charge in [0.05, 0.1) is 24.1 Å². The van der Waals surface area contributed by atoms with Crippen LogP contribution in [0.2, 0.25) is 5.02 Å². The van der Waals surface area contributed by atoms with E-state index in [1.54, 1.807) is 12.1 Å². The fraction of sp³-hybridized carbons (Fsp3) is 0.385. The van der Waals surface area contributed by atoms with Crippen LogP contribution in [0, 0.1) is 28.6 Å². The summed E-state index contributed by atoms with van der Waals surface area (Å²) in [6.07, 6.45) is 1.04. The van der Waals surface area contributed by atoms with E-state index in [2.05, 4.69) is 26.0 Å². The minimum Gasteiger partial charge on any atom is -0.198 e. The molecule has 82 valence electrons. The van der Waals surface area contributed by atoms with Crippen LogP contribution in [0.1, 0.15) is 30.5 Å². The number of benzene rings is 1. The molecule has 0 spiro atoms. The lowest BCUT2D eigenvalue weighted by Gasteiger charge is -2.12. The maximum Gasteiger partial charge on any atom is 0.0994 e. The highest BCUT2D eigenvalue weighted by Crippen LogP contribution is 2.26. The molecule has 0 saturated heterocycles. The maximum absolute atomic E-state index is 9.04. The monoisotopic (exact) mass is 232 g/mol. The number of nitriles is 2. The molecule has 0 aromatic heterocycles. The Morgan fingerprint density at radius 1 is 1.25 bits per heavy atom. The Morgan fingerprint density at radius 3 is 2.44 bits per heavy atom. The van der Waals surface area contributed by atoms with Crippen molar-refractivity contribution in [2.75, 3.05) is 0 Å². The van der Waals surface area contributed by atoms with Crippen molar-refractivity contribution in [1.29, 1.82) is 10.5 Å². The standard InChI is InChI=1S/C13H13ClN2/c1-9(2)7-12-10(8-16)3-4-13(14)11(12)5-6-15/h3-4,9H,5,7H2,1-2H3. The van der Waals surface area contributed by atoms with Crippen molar-refractivity contribution in [1.82, 2.24) is 0 Å². The fourth-order valence-electron chi connectivity index (χ4n) is 1.68. The van der Waals surface area contributed by atoms with Crippen LogP contribution in [0.3, 0.4) is 0 Å². The zero-order chi connectivity index (χ0) is 12.1. The molecule has 0 unspecified atom stereocenters. The van der Waals surface area contributed by atoms with Crippen LogP contribution in [0.25, 0.3) is 0 Å². The lowest BCUT2D eigenvalue weighted by atomic mass is 9.92. The van der Waals surface area contributed by atoms with Gasteiger partial charge in [-0.05, 0) is 35.6 Å². The predicted octanol–water partition coefficient (Wildman–Crippen LogP) is 3.48. The molecule has 0 N–H and O–H groups in total. The third kappa shape index (κ3) is 2.75. The van der Waals surface area contributed by atoms with E-state index in [9.17, 15) is 0 Å². The van der Waals surface area contributed by atoms with Gasteiger partial charge in [0.25, 0.3) is 0 Å². The van der Waals surface area contributed by atoms with Crippen molar-refractivity contribution in [2.45, 2.75) is 26.7 Å². The Bertz CT molecular complexity index is 464. The summed E-state index contributed by atoms with van der Waals surface area (Å²) in [4.78, 5) is 0. The molecule has 0 radical (unpaired) electrons. The highest BCUT2D eigenvalue weighted by molar-refractivity contribution is 6.31.